The fraction of sp³-hybridized carbons (Fsp3) is 0.0303. The van der Waals surface area contributed by atoms with E-state index in [1.807, 2.05) is 85.9 Å². The summed E-state index contributed by atoms with van der Waals surface area (Å²) >= 11 is 3.58. The van der Waals surface area contributed by atoms with Gasteiger partial charge < -0.3 is 10.1 Å². The van der Waals surface area contributed by atoms with Crippen LogP contribution in [0.3, 0.4) is 0 Å². The minimum atomic E-state index is -1.04. The van der Waals surface area contributed by atoms with Crippen molar-refractivity contribution in [3.05, 3.63) is 112 Å². The Morgan fingerprint density at radius 1 is 0.976 bits per heavy atom. The van der Waals surface area contributed by atoms with Gasteiger partial charge in [0.1, 0.15) is 6.07 Å². The van der Waals surface area contributed by atoms with Gasteiger partial charge in [0.05, 0.1) is 33.6 Å². The maximum Gasteiger partial charge on any atom is 0.336 e. The molecule has 0 atom stereocenters. The number of nitriles is 1. The van der Waals surface area contributed by atoms with Gasteiger partial charge in [-0.25, -0.2) is 14.5 Å². The van der Waals surface area contributed by atoms with Crippen molar-refractivity contribution in [2.24, 2.45) is 0 Å². The fourth-order valence-electron chi connectivity index (χ4n) is 5.65. The number of fused-ring (bicyclic) bond motifs is 3. The van der Waals surface area contributed by atoms with Gasteiger partial charge in [0.2, 0.25) is 0 Å². The predicted octanol–water partition coefficient (Wildman–Crippen LogP) is 8.03. The summed E-state index contributed by atoms with van der Waals surface area (Å²) in [5.74, 6) is -1.04. The second kappa shape index (κ2) is 9.44. The number of rotatable bonds is 4. The lowest BCUT2D eigenvalue weighted by atomic mass is 9.88. The average Bonchev–Trinajstić information content (AvgIpc) is 3.56. The molecule has 7 nitrogen and oxygen atoms in total. The first kappa shape index (κ1) is 24.8. The molecule has 7 aromatic rings. The van der Waals surface area contributed by atoms with Gasteiger partial charge >= 0.3 is 5.97 Å². The maximum atomic E-state index is 12.4. The van der Waals surface area contributed by atoms with E-state index in [1.54, 1.807) is 16.8 Å². The van der Waals surface area contributed by atoms with Crippen LogP contribution in [0.2, 0.25) is 0 Å². The highest BCUT2D eigenvalue weighted by molar-refractivity contribution is 9.10. The zero-order valence-corrected chi connectivity index (χ0v) is 23.3. The zero-order chi connectivity index (χ0) is 28.2. The van der Waals surface area contributed by atoms with Crippen LogP contribution < -0.4 is 0 Å². The number of carbonyl (C=O) groups is 1. The number of pyridine rings is 1. The van der Waals surface area contributed by atoms with E-state index in [4.69, 9.17) is 10.1 Å². The topological polar surface area (TPSA) is 108 Å². The van der Waals surface area contributed by atoms with Crippen molar-refractivity contribution in [1.29, 1.82) is 5.26 Å². The summed E-state index contributed by atoms with van der Waals surface area (Å²) in [7, 11) is 0. The average molecular weight is 598 g/mol. The highest BCUT2D eigenvalue weighted by Gasteiger charge is 2.26. The van der Waals surface area contributed by atoms with Gasteiger partial charge in [0.15, 0.2) is 5.65 Å². The van der Waals surface area contributed by atoms with E-state index in [9.17, 15) is 15.2 Å². The minimum Gasteiger partial charge on any atom is -0.478 e. The van der Waals surface area contributed by atoms with E-state index >= 15 is 0 Å². The Bertz CT molecular complexity index is 2220. The largest absolute Gasteiger partial charge is 0.478 e. The maximum absolute atomic E-state index is 12.4. The first-order valence-corrected chi connectivity index (χ1v) is 13.7. The van der Waals surface area contributed by atoms with Crippen molar-refractivity contribution in [1.82, 2.24) is 19.7 Å². The third-order valence-electron chi connectivity index (χ3n) is 7.41. The molecule has 3 heterocycles. The van der Waals surface area contributed by atoms with Gasteiger partial charge in [0, 0.05) is 38.1 Å². The van der Waals surface area contributed by atoms with Gasteiger partial charge in [-0.2, -0.15) is 10.4 Å². The molecule has 0 unspecified atom stereocenters. The molecule has 0 radical (unpaired) electrons. The standard InChI is InChI=1S/C33H20BrN5O2/c1-18-28-30(22-11-5-7-19-8-6-12-23(29(19)22)33(40)41)25(16-35)31(26-17-36-27-14-13-20(34)15-24(26)27)37-32(28)39(38-18)21-9-3-2-4-10-21/h2-15,17,36H,1H3,(H,40,41). The third kappa shape index (κ3) is 3.82. The Morgan fingerprint density at radius 3 is 2.51 bits per heavy atom. The molecule has 0 saturated heterocycles. The molecule has 0 amide bonds. The van der Waals surface area contributed by atoms with Gasteiger partial charge in [-0.3, -0.25) is 0 Å². The SMILES string of the molecule is Cc1nn(-c2ccccc2)c2nc(-c3c[nH]c4ccc(Br)cc34)c(C#N)c(-c3cccc4cccc(C(=O)O)c34)c12. The molecule has 0 spiro atoms. The second-order valence-corrected chi connectivity index (χ2v) is 10.7. The summed E-state index contributed by atoms with van der Waals surface area (Å²) in [4.78, 5) is 20.8. The number of hydrogen-bond donors (Lipinski definition) is 2. The number of benzene rings is 4. The predicted molar refractivity (Wildman–Crippen MR) is 163 cm³/mol. The summed E-state index contributed by atoms with van der Waals surface area (Å²) in [6.45, 7) is 1.89. The molecule has 2 N–H and O–H groups in total. The number of aromatic carboxylic acids is 1. The molecular weight excluding hydrogens is 578 g/mol. The van der Waals surface area contributed by atoms with Crippen molar-refractivity contribution in [3.63, 3.8) is 0 Å². The minimum absolute atomic E-state index is 0.164. The van der Waals surface area contributed by atoms with Crippen molar-refractivity contribution in [3.8, 4) is 34.1 Å². The fourth-order valence-corrected chi connectivity index (χ4v) is 6.02. The van der Waals surface area contributed by atoms with E-state index in [0.717, 1.165) is 32.0 Å². The molecule has 0 bridgehead atoms. The highest BCUT2D eigenvalue weighted by atomic mass is 79.9. The Morgan fingerprint density at radius 2 is 1.76 bits per heavy atom. The molecule has 3 aromatic heterocycles. The highest BCUT2D eigenvalue weighted by Crippen LogP contribution is 2.43. The van der Waals surface area contributed by atoms with Crippen molar-refractivity contribution in [2.75, 3.05) is 0 Å². The monoisotopic (exact) mass is 597 g/mol. The number of hydrogen-bond acceptors (Lipinski definition) is 4. The van der Waals surface area contributed by atoms with E-state index in [2.05, 4.69) is 27.0 Å². The van der Waals surface area contributed by atoms with Crippen LogP contribution in [0, 0.1) is 18.3 Å². The summed E-state index contributed by atoms with van der Waals surface area (Å²) in [5.41, 5.74) is 6.00. The van der Waals surface area contributed by atoms with Crippen molar-refractivity contribution < 1.29 is 9.90 Å². The lowest BCUT2D eigenvalue weighted by molar-refractivity contribution is 0.0699. The molecule has 0 aliphatic heterocycles. The Kier molecular flexibility index (Phi) is 5.70. The first-order chi connectivity index (χ1) is 20.0. The molecule has 4 aromatic carbocycles. The molecule has 7 rings (SSSR count). The van der Waals surface area contributed by atoms with Gasteiger partial charge in [-0.05, 0) is 54.3 Å². The number of nitrogens with zero attached hydrogens (tertiary/aromatic N) is 4. The number of aryl methyl sites for hydroxylation is 1. The smallest absolute Gasteiger partial charge is 0.336 e. The number of H-pyrrole nitrogens is 1. The van der Waals surface area contributed by atoms with Crippen molar-refractivity contribution >= 4 is 54.6 Å². The van der Waals surface area contributed by atoms with Crippen molar-refractivity contribution in [2.45, 2.75) is 6.92 Å². The molecule has 0 fully saturated rings. The van der Waals surface area contributed by atoms with Crippen LogP contribution in [-0.2, 0) is 0 Å². The number of carboxylic acid groups (broad SMARTS) is 1. The van der Waals surface area contributed by atoms with E-state index in [0.29, 0.717) is 44.5 Å². The van der Waals surface area contributed by atoms with Crippen LogP contribution >= 0.6 is 15.9 Å². The van der Waals surface area contributed by atoms with Gasteiger partial charge in [0.25, 0.3) is 0 Å². The molecule has 41 heavy (non-hydrogen) atoms. The van der Waals surface area contributed by atoms with Crippen LogP contribution in [-0.4, -0.2) is 30.8 Å². The molecule has 0 aliphatic rings. The van der Waals surface area contributed by atoms with Gasteiger partial charge in [-0.1, -0.05) is 64.5 Å². The summed E-state index contributed by atoms with van der Waals surface area (Å²) < 4.78 is 2.68. The van der Waals surface area contributed by atoms with Crippen LogP contribution in [0.4, 0.5) is 0 Å². The summed E-state index contributed by atoms with van der Waals surface area (Å²) in [6, 6.07) is 28.9. The third-order valence-corrected chi connectivity index (χ3v) is 7.90. The number of carboxylic acids is 1. The molecule has 196 valence electrons. The Hall–Kier alpha value is -5.26. The summed E-state index contributed by atoms with van der Waals surface area (Å²) in [6.07, 6.45) is 1.86. The normalized spacial score (nSPS) is 11.3. The molecule has 8 heteroatoms. The number of halogens is 1. The van der Waals surface area contributed by atoms with Crippen LogP contribution in [0.1, 0.15) is 21.6 Å². The second-order valence-electron chi connectivity index (χ2n) is 9.76. The van der Waals surface area contributed by atoms with E-state index < -0.39 is 5.97 Å². The zero-order valence-electron chi connectivity index (χ0n) is 21.7. The quantitative estimate of drug-likeness (QED) is 0.213. The Labute approximate surface area is 242 Å². The van der Waals surface area contributed by atoms with Crippen LogP contribution in [0.5, 0.6) is 0 Å². The lowest BCUT2D eigenvalue weighted by Crippen LogP contribution is -2.02. The number of aromatic amines is 1. The first-order valence-electron chi connectivity index (χ1n) is 12.9. The van der Waals surface area contributed by atoms with E-state index in [1.165, 1.54) is 0 Å². The lowest BCUT2D eigenvalue weighted by Gasteiger charge is -2.15. The summed E-state index contributed by atoms with van der Waals surface area (Å²) in [5, 5.41) is 28.7. The number of aromatic nitrogens is 4. The molecular formula is C33H20BrN5O2. The van der Waals surface area contributed by atoms with Crippen LogP contribution in [0.25, 0.3) is 60.8 Å². The number of para-hydroxylation sites is 1. The molecule has 0 aliphatic carbocycles. The van der Waals surface area contributed by atoms with Crippen LogP contribution in [0.15, 0.2) is 95.6 Å². The molecule has 0 saturated carbocycles. The number of nitrogens with one attached hydrogen (secondary N) is 1. The van der Waals surface area contributed by atoms with E-state index in [-0.39, 0.29) is 5.56 Å². The Balaban J connectivity index is 1.70. The van der Waals surface area contributed by atoms with Gasteiger partial charge in [-0.15, -0.1) is 0 Å².